The number of hydrogen-bond acceptors (Lipinski definition) is 4. The first-order valence-electron chi connectivity index (χ1n) is 7.21. The van der Waals surface area contributed by atoms with Crippen LogP contribution < -0.4 is 20.7 Å². The third-order valence-corrected chi connectivity index (χ3v) is 3.36. The number of carbonyl (C=O) groups excluding carboxylic acids is 2. The van der Waals surface area contributed by atoms with Crippen LogP contribution >= 0.6 is 0 Å². The Morgan fingerprint density at radius 3 is 2.86 bits per heavy atom. The standard InChI is InChI=1S/C15H21N3O3/c1-3-8-17-13(19)9-18-14-10(16)6-5-7-12(14)21-11(4-2)15(18)20/h5-7,11H,3-4,8-9,16H2,1-2H3,(H,17,19). The summed E-state index contributed by atoms with van der Waals surface area (Å²) in [5, 5.41) is 2.77. The number of fused-ring (bicyclic) bond motifs is 1. The predicted molar refractivity (Wildman–Crippen MR) is 81.2 cm³/mol. The molecule has 1 aromatic rings. The summed E-state index contributed by atoms with van der Waals surface area (Å²) in [6.45, 7) is 4.39. The van der Waals surface area contributed by atoms with Gasteiger partial charge in [0.1, 0.15) is 18.0 Å². The summed E-state index contributed by atoms with van der Waals surface area (Å²) in [6.07, 6.45) is 0.817. The summed E-state index contributed by atoms with van der Waals surface area (Å²) in [5.74, 6) is 0.121. The van der Waals surface area contributed by atoms with Crippen molar-refractivity contribution in [2.24, 2.45) is 0 Å². The zero-order valence-corrected chi connectivity index (χ0v) is 12.4. The monoisotopic (exact) mass is 291 g/mol. The number of carbonyl (C=O) groups is 2. The molecule has 2 rings (SSSR count). The van der Waals surface area contributed by atoms with Crippen molar-refractivity contribution in [1.82, 2.24) is 5.32 Å². The molecule has 6 heteroatoms. The number of nitrogens with zero attached hydrogens (tertiary/aromatic N) is 1. The lowest BCUT2D eigenvalue weighted by molar-refractivity contribution is -0.129. The highest BCUT2D eigenvalue weighted by molar-refractivity contribution is 6.06. The fourth-order valence-corrected chi connectivity index (χ4v) is 2.29. The zero-order valence-electron chi connectivity index (χ0n) is 12.4. The molecular formula is C15H21N3O3. The molecular weight excluding hydrogens is 270 g/mol. The summed E-state index contributed by atoms with van der Waals surface area (Å²) in [7, 11) is 0. The molecule has 0 bridgehead atoms. The molecule has 0 radical (unpaired) electrons. The van der Waals surface area contributed by atoms with Gasteiger partial charge in [0, 0.05) is 6.54 Å². The van der Waals surface area contributed by atoms with Gasteiger partial charge >= 0.3 is 0 Å². The Balaban J connectivity index is 2.29. The van der Waals surface area contributed by atoms with E-state index in [1.54, 1.807) is 18.2 Å². The van der Waals surface area contributed by atoms with Gasteiger partial charge in [-0.3, -0.25) is 14.5 Å². The van der Waals surface area contributed by atoms with Crippen molar-refractivity contribution >= 4 is 23.2 Å². The largest absolute Gasteiger partial charge is 0.478 e. The van der Waals surface area contributed by atoms with E-state index in [2.05, 4.69) is 5.32 Å². The van der Waals surface area contributed by atoms with Gasteiger partial charge in [0.05, 0.1) is 5.69 Å². The van der Waals surface area contributed by atoms with E-state index in [-0.39, 0.29) is 18.4 Å². The van der Waals surface area contributed by atoms with Crippen LogP contribution in [0.3, 0.4) is 0 Å². The molecule has 2 amide bonds. The number of ether oxygens (including phenoxy) is 1. The number of nitrogens with one attached hydrogen (secondary N) is 1. The minimum atomic E-state index is -0.571. The Morgan fingerprint density at radius 2 is 2.19 bits per heavy atom. The Labute approximate surface area is 124 Å². The van der Waals surface area contributed by atoms with Gasteiger partial charge in [0.2, 0.25) is 5.91 Å². The molecule has 0 aromatic heterocycles. The van der Waals surface area contributed by atoms with Crippen LogP contribution in [0, 0.1) is 0 Å². The van der Waals surface area contributed by atoms with Gasteiger partial charge < -0.3 is 15.8 Å². The van der Waals surface area contributed by atoms with Gasteiger partial charge in [0.25, 0.3) is 5.91 Å². The third kappa shape index (κ3) is 3.09. The normalized spacial score (nSPS) is 17.1. The van der Waals surface area contributed by atoms with E-state index in [0.717, 1.165) is 6.42 Å². The highest BCUT2D eigenvalue weighted by Gasteiger charge is 2.35. The summed E-state index contributed by atoms with van der Waals surface area (Å²) in [4.78, 5) is 25.8. The predicted octanol–water partition coefficient (Wildman–Crippen LogP) is 1.30. The maximum absolute atomic E-state index is 12.4. The average Bonchev–Trinajstić information content (AvgIpc) is 2.47. The van der Waals surface area contributed by atoms with Crippen LogP contribution in [0.1, 0.15) is 26.7 Å². The SMILES string of the molecule is CCCNC(=O)CN1C(=O)C(CC)Oc2cccc(N)c21. The second-order valence-corrected chi connectivity index (χ2v) is 4.98. The fraction of sp³-hybridized carbons (Fsp3) is 0.467. The van der Waals surface area contributed by atoms with E-state index in [1.165, 1.54) is 4.90 Å². The third-order valence-electron chi connectivity index (χ3n) is 3.36. The lowest BCUT2D eigenvalue weighted by Gasteiger charge is -2.34. The molecule has 1 heterocycles. The summed E-state index contributed by atoms with van der Waals surface area (Å²) >= 11 is 0. The summed E-state index contributed by atoms with van der Waals surface area (Å²) in [5.41, 5.74) is 6.87. The molecule has 6 nitrogen and oxygen atoms in total. The highest BCUT2D eigenvalue weighted by atomic mass is 16.5. The van der Waals surface area contributed by atoms with E-state index in [4.69, 9.17) is 10.5 Å². The van der Waals surface area contributed by atoms with Crippen LogP contribution in [-0.4, -0.2) is 31.0 Å². The van der Waals surface area contributed by atoms with Gasteiger partial charge in [0.15, 0.2) is 6.10 Å². The molecule has 0 saturated heterocycles. The van der Waals surface area contributed by atoms with Gasteiger partial charge in [-0.15, -0.1) is 0 Å². The summed E-state index contributed by atoms with van der Waals surface area (Å²) in [6, 6.07) is 5.22. The maximum Gasteiger partial charge on any atom is 0.268 e. The molecule has 0 saturated carbocycles. The minimum absolute atomic E-state index is 0.0418. The number of nitrogen functional groups attached to an aromatic ring is 1. The zero-order chi connectivity index (χ0) is 15.4. The molecule has 0 fully saturated rings. The smallest absolute Gasteiger partial charge is 0.268 e. The Bertz CT molecular complexity index is 545. The maximum atomic E-state index is 12.4. The lowest BCUT2D eigenvalue weighted by atomic mass is 10.1. The molecule has 1 aliphatic rings. The lowest BCUT2D eigenvalue weighted by Crippen LogP contribution is -2.50. The van der Waals surface area contributed by atoms with Gasteiger partial charge in [-0.05, 0) is 25.0 Å². The Morgan fingerprint density at radius 1 is 1.43 bits per heavy atom. The number of nitrogens with two attached hydrogens (primary N) is 1. The van der Waals surface area contributed by atoms with E-state index >= 15 is 0 Å². The van der Waals surface area contributed by atoms with E-state index in [0.29, 0.717) is 30.1 Å². The van der Waals surface area contributed by atoms with Crippen LogP contribution in [0.15, 0.2) is 18.2 Å². The molecule has 1 unspecified atom stereocenters. The van der Waals surface area contributed by atoms with Gasteiger partial charge in [-0.25, -0.2) is 0 Å². The van der Waals surface area contributed by atoms with Crippen molar-refractivity contribution < 1.29 is 14.3 Å². The molecule has 0 spiro atoms. The molecule has 1 aliphatic heterocycles. The van der Waals surface area contributed by atoms with Crippen molar-refractivity contribution in [3.8, 4) is 5.75 Å². The first kappa shape index (κ1) is 15.2. The average molecular weight is 291 g/mol. The summed E-state index contributed by atoms with van der Waals surface area (Å²) < 4.78 is 5.66. The van der Waals surface area contributed by atoms with Crippen molar-refractivity contribution in [2.75, 3.05) is 23.7 Å². The van der Waals surface area contributed by atoms with Crippen LogP contribution in [0.5, 0.6) is 5.75 Å². The van der Waals surface area contributed by atoms with Crippen molar-refractivity contribution in [1.29, 1.82) is 0 Å². The number of benzene rings is 1. The first-order valence-corrected chi connectivity index (χ1v) is 7.21. The van der Waals surface area contributed by atoms with E-state index < -0.39 is 6.10 Å². The van der Waals surface area contributed by atoms with Crippen molar-refractivity contribution in [3.05, 3.63) is 18.2 Å². The number of para-hydroxylation sites is 1. The minimum Gasteiger partial charge on any atom is -0.478 e. The molecule has 114 valence electrons. The van der Waals surface area contributed by atoms with Crippen molar-refractivity contribution in [3.63, 3.8) is 0 Å². The van der Waals surface area contributed by atoms with Crippen LogP contribution in [-0.2, 0) is 9.59 Å². The van der Waals surface area contributed by atoms with Gasteiger partial charge in [-0.2, -0.15) is 0 Å². The first-order chi connectivity index (χ1) is 10.1. The number of anilines is 2. The van der Waals surface area contributed by atoms with Crippen LogP contribution in [0.2, 0.25) is 0 Å². The quantitative estimate of drug-likeness (QED) is 0.801. The highest BCUT2D eigenvalue weighted by Crippen LogP contribution is 2.39. The fourth-order valence-electron chi connectivity index (χ4n) is 2.29. The van der Waals surface area contributed by atoms with Crippen LogP contribution in [0.4, 0.5) is 11.4 Å². The van der Waals surface area contributed by atoms with Gasteiger partial charge in [-0.1, -0.05) is 19.9 Å². The molecule has 1 aromatic carbocycles. The second kappa shape index (κ2) is 6.47. The van der Waals surface area contributed by atoms with E-state index in [9.17, 15) is 9.59 Å². The van der Waals surface area contributed by atoms with Crippen LogP contribution in [0.25, 0.3) is 0 Å². The van der Waals surface area contributed by atoms with E-state index in [1.807, 2.05) is 13.8 Å². The Hall–Kier alpha value is -2.24. The number of amides is 2. The number of hydrogen-bond donors (Lipinski definition) is 2. The molecule has 0 aliphatic carbocycles. The number of rotatable bonds is 5. The molecule has 1 atom stereocenters. The Kier molecular flexibility index (Phi) is 4.67. The molecule has 3 N–H and O–H groups in total. The van der Waals surface area contributed by atoms with Crippen molar-refractivity contribution in [2.45, 2.75) is 32.8 Å². The molecule has 21 heavy (non-hydrogen) atoms. The topological polar surface area (TPSA) is 84.7 Å². The second-order valence-electron chi connectivity index (χ2n) is 4.98.